The monoisotopic (exact) mass is 195 g/mol. The van der Waals surface area contributed by atoms with Gasteiger partial charge < -0.3 is 5.32 Å². The molecule has 2 aromatic carbocycles. The zero-order valence-electron chi connectivity index (χ0n) is 8.48. The lowest BCUT2D eigenvalue weighted by molar-refractivity contribution is 1.54. The van der Waals surface area contributed by atoms with E-state index in [2.05, 4.69) is 11.9 Å². The molecule has 0 spiro atoms. The van der Waals surface area contributed by atoms with Crippen LogP contribution in [0.4, 0.5) is 11.4 Å². The summed E-state index contributed by atoms with van der Waals surface area (Å²) in [4.78, 5) is 0. The fraction of sp³-hybridized carbons (Fsp3) is 0. The molecular weight excluding hydrogens is 182 g/mol. The van der Waals surface area contributed by atoms with Crippen molar-refractivity contribution in [2.45, 2.75) is 0 Å². The summed E-state index contributed by atoms with van der Waals surface area (Å²) in [6.07, 6.45) is 1.84. The first-order valence-corrected chi connectivity index (χ1v) is 4.93. The minimum atomic E-state index is 1.09. The van der Waals surface area contributed by atoms with Gasteiger partial charge in [0.25, 0.3) is 0 Å². The van der Waals surface area contributed by atoms with E-state index in [1.807, 2.05) is 60.7 Å². The summed E-state index contributed by atoms with van der Waals surface area (Å²) in [6.45, 7) is 3.72. The highest BCUT2D eigenvalue weighted by Gasteiger charge is 1.92. The Balaban J connectivity index is 2.15. The Morgan fingerprint density at radius 3 is 2.00 bits per heavy atom. The largest absolute Gasteiger partial charge is 0.356 e. The van der Waals surface area contributed by atoms with Crippen LogP contribution in [0, 0.1) is 0 Å². The lowest BCUT2D eigenvalue weighted by Gasteiger charge is -2.05. The Morgan fingerprint density at radius 2 is 1.40 bits per heavy atom. The minimum Gasteiger partial charge on any atom is -0.356 e. The van der Waals surface area contributed by atoms with Gasteiger partial charge in [0.1, 0.15) is 0 Å². The average Bonchev–Trinajstić information content (AvgIpc) is 2.31. The highest BCUT2D eigenvalue weighted by atomic mass is 14.9. The molecule has 0 heterocycles. The highest BCUT2D eigenvalue weighted by molar-refractivity contribution is 5.61. The molecule has 2 aromatic rings. The van der Waals surface area contributed by atoms with E-state index < -0.39 is 0 Å². The van der Waals surface area contributed by atoms with Crippen LogP contribution in [0.1, 0.15) is 5.56 Å². The van der Waals surface area contributed by atoms with Crippen LogP contribution in [-0.4, -0.2) is 0 Å². The predicted molar refractivity (Wildman–Crippen MR) is 66.3 cm³/mol. The van der Waals surface area contributed by atoms with Crippen molar-refractivity contribution >= 4 is 17.5 Å². The third-order valence-electron chi connectivity index (χ3n) is 2.21. The topological polar surface area (TPSA) is 12.0 Å². The smallest absolute Gasteiger partial charge is 0.0384 e. The zero-order valence-corrected chi connectivity index (χ0v) is 8.48. The van der Waals surface area contributed by atoms with Crippen LogP contribution < -0.4 is 5.32 Å². The first kappa shape index (κ1) is 9.53. The molecular formula is C14H13N. The van der Waals surface area contributed by atoms with Crippen molar-refractivity contribution in [3.05, 3.63) is 66.7 Å². The molecule has 0 aliphatic rings. The molecule has 74 valence electrons. The van der Waals surface area contributed by atoms with Crippen LogP contribution in [0.3, 0.4) is 0 Å². The van der Waals surface area contributed by atoms with E-state index in [9.17, 15) is 0 Å². The summed E-state index contributed by atoms with van der Waals surface area (Å²) in [5.74, 6) is 0. The third kappa shape index (κ3) is 2.47. The molecule has 15 heavy (non-hydrogen) atoms. The lowest BCUT2D eigenvalue weighted by Crippen LogP contribution is -1.88. The summed E-state index contributed by atoms with van der Waals surface area (Å²) in [5.41, 5.74) is 3.32. The van der Waals surface area contributed by atoms with E-state index >= 15 is 0 Å². The molecule has 1 heteroatoms. The number of para-hydroxylation sites is 1. The van der Waals surface area contributed by atoms with E-state index in [0.29, 0.717) is 0 Å². The number of hydrogen-bond acceptors (Lipinski definition) is 1. The van der Waals surface area contributed by atoms with Crippen molar-refractivity contribution < 1.29 is 0 Å². The fourth-order valence-electron chi connectivity index (χ4n) is 1.39. The molecule has 0 atom stereocenters. The Bertz CT molecular complexity index is 429. The molecule has 2 rings (SSSR count). The summed E-state index contributed by atoms with van der Waals surface area (Å²) in [7, 11) is 0. The molecule has 0 radical (unpaired) electrons. The van der Waals surface area contributed by atoms with Crippen LogP contribution >= 0.6 is 0 Å². The molecule has 0 aromatic heterocycles. The molecule has 0 amide bonds. The fourth-order valence-corrected chi connectivity index (χ4v) is 1.39. The van der Waals surface area contributed by atoms with Gasteiger partial charge in [0.2, 0.25) is 0 Å². The predicted octanol–water partition coefficient (Wildman–Crippen LogP) is 4.07. The summed E-state index contributed by atoms with van der Waals surface area (Å²) >= 11 is 0. The van der Waals surface area contributed by atoms with Crippen LogP contribution in [0.5, 0.6) is 0 Å². The first-order chi connectivity index (χ1) is 7.38. The summed E-state index contributed by atoms with van der Waals surface area (Å²) < 4.78 is 0. The van der Waals surface area contributed by atoms with Gasteiger partial charge in [-0.3, -0.25) is 0 Å². The summed E-state index contributed by atoms with van der Waals surface area (Å²) in [5, 5.41) is 3.32. The zero-order chi connectivity index (χ0) is 10.5. The highest BCUT2D eigenvalue weighted by Crippen LogP contribution is 2.16. The van der Waals surface area contributed by atoms with Crippen molar-refractivity contribution in [3.63, 3.8) is 0 Å². The second-order valence-corrected chi connectivity index (χ2v) is 3.32. The molecule has 0 saturated heterocycles. The van der Waals surface area contributed by atoms with Crippen molar-refractivity contribution in [2.75, 3.05) is 5.32 Å². The maximum atomic E-state index is 3.72. The van der Waals surface area contributed by atoms with Crippen LogP contribution in [0.15, 0.2) is 61.2 Å². The maximum absolute atomic E-state index is 3.72. The van der Waals surface area contributed by atoms with Crippen molar-refractivity contribution in [1.29, 1.82) is 0 Å². The van der Waals surface area contributed by atoms with Gasteiger partial charge in [-0.2, -0.15) is 0 Å². The number of nitrogens with one attached hydrogen (secondary N) is 1. The number of rotatable bonds is 3. The number of benzene rings is 2. The second-order valence-electron chi connectivity index (χ2n) is 3.32. The van der Waals surface area contributed by atoms with E-state index in [-0.39, 0.29) is 0 Å². The van der Waals surface area contributed by atoms with Gasteiger partial charge in [-0.1, -0.05) is 43.0 Å². The van der Waals surface area contributed by atoms with Gasteiger partial charge >= 0.3 is 0 Å². The Labute approximate surface area is 90.1 Å². The van der Waals surface area contributed by atoms with Crippen LogP contribution in [0.2, 0.25) is 0 Å². The van der Waals surface area contributed by atoms with E-state index in [0.717, 1.165) is 16.9 Å². The van der Waals surface area contributed by atoms with Gasteiger partial charge in [-0.05, 0) is 29.8 Å². The normalized spacial score (nSPS) is 9.60. The SMILES string of the molecule is C=Cc1ccc(Nc2ccccc2)cc1. The lowest BCUT2D eigenvalue weighted by atomic mass is 10.2. The first-order valence-electron chi connectivity index (χ1n) is 4.93. The maximum Gasteiger partial charge on any atom is 0.0384 e. The molecule has 0 saturated carbocycles. The number of hydrogen-bond donors (Lipinski definition) is 1. The van der Waals surface area contributed by atoms with Crippen molar-refractivity contribution in [2.24, 2.45) is 0 Å². The second kappa shape index (κ2) is 4.47. The van der Waals surface area contributed by atoms with Gasteiger partial charge in [0.15, 0.2) is 0 Å². The van der Waals surface area contributed by atoms with Crippen molar-refractivity contribution in [1.82, 2.24) is 0 Å². The Hall–Kier alpha value is -2.02. The average molecular weight is 195 g/mol. The van der Waals surface area contributed by atoms with Gasteiger partial charge in [0, 0.05) is 11.4 Å². The van der Waals surface area contributed by atoms with E-state index in [1.54, 1.807) is 0 Å². The van der Waals surface area contributed by atoms with Gasteiger partial charge in [-0.15, -0.1) is 0 Å². The Kier molecular flexibility index (Phi) is 2.84. The molecule has 0 aliphatic heterocycles. The van der Waals surface area contributed by atoms with E-state index in [1.165, 1.54) is 0 Å². The summed E-state index contributed by atoms with van der Waals surface area (Å²) in [6, 6.07) is 18.3. The van der Waals surface area contributed by atoms with Gasteiger partial charge in [0.05, 0.1) is 0 Å². The van der Waals surface area contributed by atoms with Crippen LogP contribution in [0.25, 0.3) is 6.08 Å². The molecule has 1 N–H and O–H groups in total. The standard InChI is InChI=1S/C14H13N/c1-2-12-8-10-14(11-9-12)15-13-6-4-3-5-7-13/h2-11,15H,1H2. The molecule has 0 bridgehead atoms. The molecule has 1 nitrogen and oxygen atoms in total. The van der Waals surface area contributed by atoms with Crippen LogP contribution in [-0.2, 0) is 0 Å². The third-order valence-corrected chi connectivity index (χ3v) is 2.21. The van der Waals surface area contributed by atoms with Gasteiger partial charge in [-0.25, -0.2) is 0 Å². The molecule has 0 fully saturated rings. The van der Waals surface area contributed by atoms with Crippen molar-refractivity contribution in [3.8, 4) is 0 Å². The van der Waals surface area contributed by atoms with E-state index in [4.69, 9.17) is 0 Å². The Morgan fingerprint density at radius 1 is 0.800 bits per heavy atom. The quantitative estimate of drug-likeness (QED) is 0.778. The number of anilines is 2. The minimum absolute atomic E-state index is 1.09. The molecule has 0 unspecified atom stereocenters. The molecule has 0 aliphatic carbocycles.